The third-order valence-electron chi connectivity index (χ3n) is 5.67. The number of pyridine rings is 1. The Bertz CT molecular complexity index is 847. The monoisotopic (exact) mass is 540 g/mol. The molecule has 1 aromatic heterocycles. The molecule has 162 valence electrons. The highest BCUT2D eigenvalue weighted by Crippen LogP contribution is 2.26. The molecule has 6 nitrogen and oxygen atoms in total. The smallest absolute Gasteiger partial charge is 0.194 e. The van der Waals surface area contributed by atoms with Gasteiger partial charge < -0.3 is 20.0 Å². The first kappa shape index (κ1) is 22.9. The number of benzene rings is 1. The number of halogens is 2. The molecule has 1 aromatic carbocycles. The first-order valence-corrected chi connectivity index (χ1v) is 10.8. The van der Waals surface area contributed by atoms with Gasteiger partial charge >= 0.3 is 0 Å². The van der Waals surface area contributed by atoms with Crippen molar-refractivity contribution in [3.63, 3.8) is 0 Å². The summed E-state index contributed by atoms with van der Waals surface area (Å²) < 4.78 is 0. The molecule has 2 fully saturated rings. The number of rotatable bonds is 4. The van der Waals surface area contributed by atoms with Crippen LogP contribution in [0.1, 0.15) is 18.4 Å². The van der Waals surface area contributed by atoms with Crippen LogP contribution in [0.3, 0.4) is 0 Å². The van der Waals surface area contributed by atoms with Crippen molar-refractivity contribution in [2.24, 2.45) is 4.99 Å². The molecule has 0 saturated carbocycles. The van der Waals surface area contributed by atoms with E-state index < -0.39 is 0 Å². The van der Waals surface area contributed by atoms with Gasteiger partial charge in [-0.15, -0.1) is 24.0 Å². The van der Waals surface area contributed by atoms with Gasteiger partial charge in [0.05, 0.1) is 10.7 Å². The molecule has 0 bridgehead atoms. The fraction of sp³-hybridized carbons (Fsp3) is 0.455. The molecular weight excluding hydrogens is 511 g/mol. The number of nitrogens with zero attached hydrogens (tertiary/aromatic N) is 5. The van der Waals surface area contributed by atoms with Gasteiger partial charge in [-0.2, -0.15) is 0 Å². The van der Waals surface area contributed by atoms with Crippen LogP contribution in [0.25, 0.3) is 0 Å². The van der Waals surface area contributed by atoms with Gasteiger partial charge in [0, 0.05) is 59.1 Å². The normalized spacial score (nSPS) is 17.1. The average Bonchev–Trinajstić information content (AvgIpc) is 3.30. The molecule has 8 heteroatoms. The Morgan fingerprint density at radius 2 is 1.77 bits per heavy atom. The Kier molecular flexibility index (Phi) is 8.44. The predicted molar refractivity (Wildman–Crippen MR) is 137 cm³/mol. The van der Waals surface area contributed by atoms with Crippen molar-refractivity contribution in [2.75, 3.05) is 56.1 Å². The molecule has 30 heavy (non-hydrogen) atoms. The van der Waals surface area contributed by atoms with Gasteiger partial charge in [0.15, 0.2) is 5.96 Å². The Morgan fingerprint density at radius 3 is 2.47 bits per heavy atom. The third kappa shape index (κ3) is 5.49. The van der Waals surface area contributed by atoms with Crippen LogP contribution in [0.5, 0.6) is 0 Å². The molecule has 4 rings (SSSR count). The van der Waals surface area contributed by atoms with Crippen molar-refractivity contribution in [3.05, 3.63) is 53.2 Å². The van der Waals surface area contributed by atoms with Crippen LogP contribution in [-0.4, -0.2) is 62.2 Å². The minimum absolute atomic E-state index is 0. The second-order valence-electron chi connectivity index (χ2n) is 7.54. The largest absolute Gasteiger partial charge is 0.367 e. The highest BCUT2D eigenvalue weighted by atomic mass is 127. The van der Waals surface area contributed by atoms with Crippen LogP contribution in [-0.2, 0) is 6.54 Å². The Balaban J connectivity index is 0.00000256. The van der Waals surface area contributed by atoms with Crippen LogP contribution in [0.2, 0.25) is 5.02 Å². The van der Waals surface area contributed by atoms with E-state index in [9.17, 15) is 0 Å². The van der Waals surface area contributed by atoms with Crippen molar-refractivity contribution in [3.8, 4) is 0 Å². The highest BCUT2D eigenvalue weighted by molar-refractivity contribution is 14.0. The van der Waals surface area contributed by atoms with Crippen LogP contribution in [0, 0.1) is 0 Å². The number of guanidine groups is 1. The van der Waals surface area contributed by atoms with Gasteiger partial charge in [0.2, 0.25) is 0 Å². The first-order chi connectivity index (χ1) is 14.2. The highest BCUT2D eigenvalue weighted by Gasteiger charge is 2.21. The topological polar surface area (TPSA) is 47.0 Å². The summed E-state index contributed by atoms with van der Waals surface area (Å²) >= 11 is 6.36. The van der Waals surface area contributed by atoms with E-state index in [-0.39, 0.29) is 24.0 Å². The number of para-hydroxylation sites is 1. The second kappa shape index (κ2) is 11.0. The molecule has 2 aromatic rings. The Labute approximate surface area is 201 Å². The zero-order valence-corrected chi connectivity index (χ0v) is 20.5. The molecule has 3 heterocycles. The molecule has 0 amide bonds. The lowest BCUT2D eigenvalue weighted by Gasteiger charge is -2.38. The Morgan fingerprint density at radius 1 is 1.03 bits per heavy atom. The second-order valence-corrected chi connectivity index (χ2v) is 7.95. The SMILES string of the molecule is CN=C(NCc1ccnc(N2CCCC2)c1)N1CCN(c2ccccc2Cl)CC1.I. The summed E-state index contributed by atoms with van der Waals surface area (Å²) in [5.41, 5.74) is 2.35. The summed E-state index contributed by atoms with van der Waals surface area (Å²) in [6.07, 6.45) is 4.43. The van der Waals surface area contributed by atoms with Gasteiger partial charge in [0.25, 0.3) is 0 Å². The molecule has 0 atom stereocenters. The van der Waals surface area contributed by atoms with Crippen LogP contribution in [0.15, 0.2) is 47.6 Å². The number of hydrogen-bond acceptors (Lipinski definition) is 4. The van der Waals surface area contributed by atoms with Gasteiger partial charge in [0.1, 0.15) is 5.82 Å². The summed E-state index contributed by atoms with van der Waals surface area (Å²) in [7, 11) is 1.85. The van der Waals surface area contributed by atoms with E-state index in [0.717, 1.165) is 68.3 Å². The lowest BCUT2D eigenvalue weighted by atomic mass is 10.2. The van der Waals surface area contributed by atoms with Gasteiger partial charge in [-0.3, -0.25) is 4.99 Å². The number of anilines is 2. The van der Waals surface area contributed by atoms with Crippen molar-refractivity contribution < 1.29 is 0 Å². The minimum atomic E-state index is 0. The molecule has 0 spiro atoms. The van der Waals surface area contributed by atoms with Crippen molar-refractivity contribution >= 4 is 53.0 Å². The summed E-state index contributed by atoms with van der Waals surface area (Å²) in [5, 5.41) is 4.34. The molecular formula is C22H30ClIN6. The number of aliphatic imine (C=N–C) groups is 1. The van der Waals surface area contributed by atoms with Crippen molar-refractivity contribution in [1.29, 1.82) is 0 Å². The van der Waals surface area contributed by atoms with E-state index >= 15 is 0 Å². The number of piperazine rings is 1. The van der Waals surface area contributed by atoms with Crippen molar-refractivity contribution in [2.45, 2.75) is 19.4 Å². The Hall–Kier alpha value is -1.74. The molecule has 0 aliphatic carbocycles. The number of nitrogens with one attached hydrogen (secondary N) is 1. The van der Waals surface area contributed by atoms with Crippen molar-refractivity contribution in [1.82, 2.24) is 15.2 Å². The quantitative estimate of drug-likeness (QED) is 0.363. The van der Waals surface area contributed by atoms with E-state index in [1.807, 2.05) is 31.4 Å². The van der Waals surface area contributed by atoms with Gasteiger partial charge in [-0.05, 0) is 42.7 Å². The third-order valence-corrected chi connectivity index (χ3v) is 5.99. The molecule has 2 aliphatic heterocycles. The zero-order chi connectivity index (χ0) is 20.1. The summed E-state index contributed by atoms with van der Waals surface area (Å²) in [6.45, 7) is 6.67. The maximum absolute atomic E-state index is 6.36. The molecule has 2 saturated heterocycles. The average molecular weight is 541 g/mol. The fourth-order valence-electron chi connectivity index (χ4n) is 4.07. The number of hydrogen-bond donors (Lipinski definition) is 1. The zero-order valence-electron chi connectivity index (χ0n) is 17.4. The standard InChI is InChI=1S/C22H29ClN6.HI/c1-24-22(26-17-18-8-9-25-21(16-18)28-10-4-5-11-28)29-14-12-27(13-15-29)20-7-3-2-6-19(20)23;/h2-3,6-9,16H,4-5,10-15,17H2,1H3,(H,24,26);1H. The lowest BCUT2D eigenvalue weighted by molar-refractivity contribution is 0.372. The molecule has 1 N–H and O–H groups in total. The first-order valence-electron chi connectivity index (χ1n) is 10.4. The van der Waals surface area contributed by atoms with E-state index in [4.69, 9.17) is 11.6 Å². The summed E-state index contributed by atoms with van der Waals surface area (Å²) in [4.78, 5) is 16.1. The van der Waals surface area contributed by atoms with Gasteiger partial charge in [-0.25, -0.2) is 4.98 Å². The van der Waals surface area contributed by atoms with Crippen LogP contribution < -0.4 is 15.1 Å². The van der Waals surface area contributed by atoms with Crippen LogP contribution >= 0.6 is 35.6 Å². The van der Waals surface area contributed by atoms with Gasteiger partial charge in [-0.1, -0.05) is 23.7 Å². The van der Waals surface area contributed by atoms with E-state index in [2.05, 4.69) is 48.2 Å². The van der Waals surface area contributed by atoms with E-state index in [0.29, 0.717) is 0 Å². The lowest BCUT2D eigenvalue weighted by Crippen LogP contribution is -2.52. The molecule has 2 aliphatic rings. The predicted octanol–water partition coefficient (Wildman–Crippen LogP) is 3.85. The maximum atomic E-state index is 6.36. The molecule has 0 unspecified atom stereocenters. The van der Waals surface area contributed by atoms with E-state index in [1.165, 1.54) is 18.4 Å². The maximum Gasteiger partial charge on any atom is 0.194 e. The molecule has 0 radical (unpaired) electrons. The van der Waals surface area contributed by atoms with Crippen LogP contribution in [0.4, 0.5) is 11.5 Å². The number of aromatic nitrogens is 1. The summed E-state index contributed by atoms with van der Waals surface area (Å²) in [6, 6.07) is 12.3. The minimum Gasteiger partial charge on any atom is -0.367 e. The summed E-state index contributed by atoms with van der Waals surface area (Å²) in [5.74, 6) is 2.04. The fourth-order valence-corrected chi connectivity index (χ4v) is 4.33. The van der Waals surface area contributed by atoms with E-state index in [1.54, 1.807) is 0 Å².